The first-order valence-corrected chi connectivity index (χ1v) is 9.01. The smallest absolute Gasteiger partial charge is 0.407 e. The molecule has 0 bridgehead atoms. The molecule has 3 N–H and O–H groups in total. The quantitative estimate of drug-likeness (QED) is 0.326. The molecule has 1 atom stereocenters. The van der Waals surface area contributed by atoms with Gasteiger partial charge in [-0.1, -0.05) is 0 Å². The predicted octanol–water partition coefficient (Wildman–Crippen LogP) is 1.26. The van der Waals surface area contributed by atoms with Crippen LogP contribution in [0.3, 0.4) is 0 Å². The van der Waals surface area contributed by atoms with E-state index < -0.39 is 11.7 Å². The number of nitrogens with one attached hydrogen (secondary N) is 3. The van der Waals surface area contributed by atoms with Crippen molar-refractivity contribution in [1.82, 2.24) is 16.0 Å². The second-order valence-corrected chi connectivity index (χ2v) is 6.92. The molecule has 8 nitrogen and oxygen atoms in total. The van der Waals surface area contributed by atoms with Gasteiger partial charge >= 0.3 is 6.09 Å². The largest absolute Gasteiger partial charge is 0.444 e. The molecule has 0 saturated carbocycles. The van der Waals surface area contributed by atoms with Crippen LogP contribution in [-0.2, 0) is 14.2 Å². The molecule has 1 aliphatic heterocycles. The molecule has 0 aromatic carbocycles. The molecule has 1 rings (SSSR count). The maximum atomic E-state index is 11.5. The van der Waals surface area contributed by atoms with E-state index in [0.717, 1.165) is 32.4 Å². The molecule has 1 aliphatic rings. The van der Waals surface area contributed by atoms with E-state index in [2.05, 4.69) is 20.9 Å². The molecule has 1 saturated heterocycles. The molecule has 146 valence electrons. The lowest BCUT2D eigenvalue weighted by molar-refractivity contribution is 0.0168. The van der Waals surface area contributed by atoms with Crippen molar-refractivity contribution in [3.05, 3.63) is 0 Å². The fourth-order valence-corrected chi connectivity index (χ4v) is 2.25. The molecule has 0 radical (unpaired) electrons. The highest BCUT2D eigenvalue weighted by Crippen LogP contribution is 2.11. The SMILES string of the molecule is CN=C(NCCCOCC1CCCO1)NCCNC(=O)OC(C)(C)C. The number of aliphatic imine (C=N–C) groups is 1. The van der Waals surface area contributed by atoms with Crippen LogP contribution >= 0.6 is 0 Å². The molecule has 1 amide bonds. The van der Waals surface area contributed by atoms with Gasteiger partial charge in [0.1, 0.15) is 5.60 Å². The standard InChI is InChI=1S/C17H34N4O4/c1-17(2,3)25-16(22)21-10-9-20-15(18-4)19-8-6-11-23-13-14-7-5-12-24-14/h14H,5-13H2,1-4H3,(H,21,22)(H2,18,19,20). The lowest BCUT2D eigenvalue weighted by Gasteiger charge is -2.20. The van der Waals surface area contributed by atoms with Gasteiger partial charge in [-0.2, -0.15) is 0 Å². The van der Waals surface area contributed by atoms with E-state index in [1.807, 2.05) is 20.8 Å². The molecule has 0 aromatic heterocycles. The van der Waals surface area contributed by atoms with Crippen molar-refractivity contribution < 1.29 is 19.0 Å². The second-order valence-electron chi connectivity index (χ2n) is 6.92. The summed E-state index contributed by atoms with van der Waals surface area (Å²) in [6.45, 7) is 9.54. The molecule has 25 heavy (non-hydrogen) atoms. The Balaban J connectivity index is 1.98. The van der Waals surface area contributed by atoms with Crippen LogP contribution in [0.15, 0.2) is 4.99 Å². The van der Waals surface area contributed by atoms with E-state index in [-0.39, 0.29) is 6.10 Å². The highest BCUT2D eigenvalue weighted by molar-refractivity contribution is 5.79. The van der Waals surface area contributed by atoms with E-state index in [9.17, 15) is 4.79 Å². The Kier molecular flexibility index (Phi) is 10.3. The van der Waals surface area contributed by atoms with Crippen molar-refractivity contribution in [1.29, 1.82) is 0 Å². The number of hydrogen-bond donors (Lipinski definition) is 3. The molecule has 1 heterocycles. The van der Waals surface area contributed by atoms with Crippen LogP contribution < -0.4 is 16.0 Å². The first-order valence-electron chi connectivity index (χ1n) is 9.01. The van der Waals surface area contributed by atoms with Crippen LogP contribution in [0.25, 0.3) is 0 Å². The van der Waals surface area contributed by atoms with Gasteiger partial charge < -0.3 is 30.2 Å². The number of amides is 1. The van der Waals surface area contributed by atoms with Gasteiger partial charge in [0.25, 0.3) is 0 Å². The summed E-state index contributed by atoms with van der Waals surface area (Å²) in [5.41, 5.74) is -0.485. The Bertz CT molecular complexity index is 404. The zero-order valence-electron chi connectivity index (χ0n) is 16.0. The minimum Gasteiger partial charge on any atom is -0.444 e. The Morgan fingerprint density at radius 3 is 2.56 bits per heavy atom. The predicted molar refractivity (Wildman–Crippen MR) is 98.0 cm³/mol. The Morgan fingerprint density at radius 1 is 1.20 bits per heavy atom. The average molecular weight is 358 g/mol. The monoisotopic (exact) mass is 358 g/mol. The fraction of sp³-hybridized carbons (Fsp3) is 0.882. The topological polar surface area (TPSA) is 93.2 Å². The molecular formula is C17H34N4O4. The summed E-state index contributed by atoms with van der Waals surface area (Å²) in [7, 11) is 1.71. The van der Waals surface area contributed by atoms with Gasteiger partial charge in [0, 0.05) is 39.9 Å². The van der Waals surface area contributed by atoms with Gasteiger partial charge in [0.15, 0.2) is 5.96 Å². The molecule has 0 aromatic rings. The van der Waals surface area contributed by atoms with Crippen LogP contribution in [-0.4, -0.2) is 70.3 Å². The third-order valence-corrected chi connectivity index (χ3v) is 3.39. The Morgan fingerprint density at radius 2 is 1.92 bits per heavy atom. The molecule has 0 aliphatic carbocycles. The number of ether oxygens (including phenoxy) is 3. The van der Waals surface area contributed by atoms with Crippen molar-refractivity contribution >= 4 is 12.1 Å². The molecule has 1 fully saturated rings. The van der Waals surface area contributed by atoms with E-state index in [0.29, 0.717) is 32.3 Å². The Labute approximate surface area is 151 Å². The number of carbonyl (C=O) groups is 1. The normalized spacial score (nSPS) is 18.1. The average Bonchev–Trinajstić information content (AvgIpc) is 3.04. The lowest BCUT2D eigenvalue weighted by atomic mass is 10.2. The maximum absolute atomic E-state index is 11.5. The molecule has 8 heteroatoms. The summed E-state index contributed by atoms with van der Waals surface area (Å²) in [5, 5.41) is 9.03. The zero-order chi connectivity index (χ0) is 18.5. The summed E-state index contributed by atoms with van der Waals surface area (Å²) in [6.07, 6.45) is 3.00. The van der Waals surface area contributed by atoms with Gasteiger partial charge in [-0.05, 0) is 40.0 Å². The Hall–Kier alpha value is -1.54. The second kappa shape index (κ2) is 11.9. The van der Waals surface area contributed by atoms with Crippen LogP contribution in [0.5, 0.6) is 0 Å². The zero-order valence-corrected chi connectivity index (χ0v) is 16.0. The number of rotatable bonds is 9. The van der Waals surface area contributed by atoms with E-state index >= 15 is 0 Å². The van der Waals surface area contributed by atoms with Crippen molar-refractivity contribution in [3.63, 3.8) is 0 Å². The third kappa shape index (κ3) is 11.6. The number of nitrogens with zero attached hydrogens (tertiary/aromatic N) is 1. The molecular weight excluding hydrogens is 324 g/mol. The molecule has 0 spiro atoms. The fourth-order valence-electron chi connectivity index (χ4n) is 2.25. The van der Waals surface area contributed by atoms with E-state index in [1.54, 1.807) is 7.05 Å². The number of carbonyl (C=O) groups excluding carboxylic acids is 1. The summed E-state index contributed by atoms with van der Waals surface area (Å²) in [6, 6.07) is 0. The van der Waals surface area contributed by atoms with Crippen molar-refractivity contribution in [2.75, 3.05) is 46.5 Å². The maximum Gasteiger partial charge on any atom is 0.407 e. The molecule has 1 unspecified atom stereocenters. The lowest BCUT2D eigenvalue weighted by Crippen LogP contribution is -2.42. The highest BCUT2D eigenvalue weighted by atomic mass is 16.6. The summed E-state index contributed by atoms with van der Waals surface area (Å²) >= 11 is 0. The highest BCUT2D eigenvalue weighted by Gasteiger charge is 2.16. The van der Waals surface area contributed by atoms with Gasteiger partial charge in [0.05, 0.1) is 12.7 Å². The first kappa shape index (κ1) is 21.5. The minimum atomic E-state index is -0.485. The first-order chi connectivity index (χ1) is 11.9. The van der Waals surface area contributed by atoms with Crippen LogP contribution in [0.1, 0.15) is 40.0 Å². The van der Waals surface area contributed by atoms with Gasteiger partial charge in [-0.3, -0.25) is 4.99 Å². The van der Waals surface area contributed by atoms with Gasteiger partial charge in [0.2, 0.25) is 0 Å². The van der Waals surface area contributed by atoms with Crippen molar-refractivity contribution in [2.45, 2.75) is 51.7 Å². The van der Waals surface area contributed by atoms with Gasteiger partial charge in [-0.15, -0.1) is 0 Å². The third-order valence-electron chi connectivity index (χ3n) is 3.39. The number of guanidine groups is 1. The number of hydrogen-bond acceptors (Lipinski definition) is 5. The van der Waals surface area contributed by atoms with E-state index in [4.69, 9.17) is 14.2 Å². The van der Waals surface area contributed by atoms with Crippen molar-refractivity contribution in [3.8, 4) is 0 Å². The minimum absolute atomic E-state index is 0.278. The summed E-state index contributed by atoms with van der Waals surface area (Å²) in [4.78, 5) is 15.6. The number of alkyl carbamates (subject to hydrolysis) is 1. The van der Waals surface area contributed by atoms with Crippen LogP contribution in [0, 0.1) is 0 Å². The summed E-state index contributed by atoms with van der Waals surface area (Å²) < 4.78 is 16.3. The summed E-state index contributed by atoms with van der Waals surface area (Å²) in [5.74, 6) is 0.699. The van der Waals surface area contributed by atoms with Gasteiger partial charge in [-0.25, -0.2) is 4.79 Å². The van der Waals surface area contributed by atoms with Crippen LogP contribution in [0.4, 0.5) is 4.79 Å². The van der Waals surface area contributed by atoms with Crippen LogP contribution in [0.2, 0.25) is 0 Å². The van der Waals surface area contributed by atoms with E-state index in [1.165, 1.54) is 0 Å². The van der Waals surface area contributed by atoms with Crippen molar-refractivity contribution in [2.24, 2.45) is 4.99 Å².